The van der Waals surface area contributed by atoms with Crippen molar-refractivity contribution in [2.45, 2.75) is 27.2 Å². The lowest BCUT2D eigenvalue weighted by molar-refractivity contribution is 0.0994. The summed E-state index contributed by atoms with van der Waals surface area (Å²) < 4.78 is 16.3. The number of amides is 1. The fraction of sp³-hybridized carbons (Fsp3) is 0.261. The summed E-state index contributed by atoms with van der Waals surface area (Å²) in [5.74, 6) is 1.47. The molecule has 152 valence electrons. The molecule has 0 spiro atoms. The second-order valence-electron chi connectivity index (χ2n) is 6.96. The number of methoxy groups -OCH3 is 2. The van der Waals surface area contributed by atoms with Crippen LogP contribution in [0, 0.1) is 20.8 Å². The van der Waals surface area contributed by atoms with E-state index in [1.54, 1.807) is 18.2 Å². The second kappa shape index (κ2) is 8.62. The van der Waals surface area contributed by atoms with E-state index in [1.165, 1.54) is 36.5 Å². The Kier molecular flexibility index (Phi) is 6.18. The Balaban J connectivity index is 1.79. The van der Waals surface area contributed by atoms with Crippen molar-refractivity contribution >= 4 is 23.2 Å². The molecule has 0 radical (unpaired) electrons. The van der Waals surface area contributed by atoms with E-state index in [2.05, 4.69) is 38.2 Å². The van der Waals surface area contributed by atoms with E-state index in [1.807, 2.05) is 6.07 Å². The van der Waals surface area contributed by atoms with E-state index in [9.17, 15) is 4.79 Å². The summed E-state index contributed by atoms with van der Waals surface area (Å²) in [6.45, 7) is 6.26. The van der Waals surface area contributed by atoms with Crippen LogP contribution in [0.25, 0.3) is 0 Å². The number of carbonyl (C=O) groups is 1. The molecule has 0 aliphatic carbocycles. The summed E-state index contributed by atoms with van der Waals surface area (Å²) >= 11 is 6.17. The van der Waals surface area contributed by atoms with Gasteiger partial charge >= 0.3 is 0 Å². The third kappa shape index (κ3) is 4.57. The van der Waals surface area contributed by atoms with Gasteiger partial charge in [-0.25, -0.2) is 0 Å². The maximum absolute atomic E-state index is 12.7. The van der Waals surface area contributed by atoms with Crippen molar-refractivity contribution in [2.75, 3.05) is 19.5 Å². The Hall–Kier alpha value is -2.92. The van der Waals surface area contributed by atoms with Gasteiger partial charge in [-0.05, 0) is 55.7 Å². The van der Waals surface area contributed by atoms with Gasteiger partial charge in [-0.1, -0.05) is 29.3 Å². The number of ether oxygens (including phenoxy) is 2. The highest BCUT2D eigenvalue weighted by Gasteiger charge is 2.17. The summed E-state index contributed by atoms with van der Waals surface area (Å²) in [4.78, 5) is 12.7. The predicted molar refractivity (Wildman–Crippen MR) is 115 cm³/mol. The number of aryl methyl sites for hydroxylation is 3. The largest absolute Gasteiger partial charge is 0.495 e. The van der Waals surface area contributed by atoms with Crippen LogP contribution in [-0.4, -0.2) is 20.1 Å². The molecule has 0 saturated carbocycles. The van der Waals surface area contributed by atoms with E-state index in [0.717, 1.165) is 5.76 Å². The van der Waals surface area contributed by atoms with Crippen LogP contribution in [0.3, 0.4) is 0 Å². The molecule has 3 aromatic rings. The third-order valence-electron chi connectivity index (χ3n) is 4.80. The van der Waals surface area contributed by atoms with Crippen molar-refractivity contribution in [1.82, 2.24) is 0 Å². The summed E-state index contributed by atoms with van der Waals surface area (Å²) in [5.41, 5.74) is 5.30. The molecule has 3 rings (SSSR count). The number of hydrogen-bond donors (Lipinski definition) is 1. The topological polar surface area (TPSA) is 60.7 Å². The number of hydrogen-bond acceptors (Lipinski definition) is 4. The molecule has 5 nitrogen and oxygen atoms in total. The molecule has 1 N–H and O–H groups in total. The minimum atomic E-state index is -0.381. The fourth-order valence-electron chi connectivity index (χ4n) is 3.40. The lowest BCUT2D eigenvalue weighted by Crippen LogP contribution is -2.12. The number of halogens is 1. The van der Waals surface area contributed by atoms with Crippen molar-refractivity contribution in [1.29, 1.82) is 0 Å². The Morgan fingerprint density at radius 3 is 2.28 bits per heavy atom. The molecule has 29 heavy (non-hydrogen) atoms. The summed E-state index contributed by atoms with van der Waals surface area (Å²) in [7, 11) is 3.02. The molecule has 0 bridgehead atoms. The van der Waals surface area contributed by atoms with Crippen LogP contribution in [0.4, 0.5) is 5.69 Å². The van der Waals surface area contributed by atoms with Crippen LogP contribution in [0.15, 0.2) is 40.8 Å². The molecule has 0 fully saturated rings. The Labute approximate surface area is 175 Å². The zero-order valence-electron chi connectivity index (χ0n) is 17.2. The highest BCUT2D eigenvalue weighted by Crippen LogP contribution is 2.36. The summed E-state index contributed by atoms with van der Waals surface area (Å²) in [6, 6.07) is 11.0. The van der Waals surface area contributed by atoms with Gasteiger partial charge in [0.05, 0.1) is 24.9 Å². The molecule has 0 unspecified atom stereocenters. The zero-order valence-corrected chi connectivity index (χ0v) is 17.9. The van der Waals surface area contributed by atoms with Crippen LogP contribution >= 0.6 is 11.6 Å². The van der Waals surface area contributed by atoms with Crippen molar-refractivity contribution in [2.24, 2.45) is 0 Å². The fourth-order valence-corrected chi connectivity index (χ4v) is 3.64. The van der Waals surface area contributed by atoms with Gasteiger partial charge in [-0.2, -0.15) is 0 Å². The molecule has 0 atom stereocenters. The van der Waals surface area contributed by atoms with E-state index >= 15 is 0 Å². The maximum Gasteiger partial charge on any atom is 0.291 e. The van der Waals surface area contributed by atoms with Crippen LogP contribution in [0.1, 0.15) is 38.6 Å². The smallest absolute Gasteiger partial charge is 0.291 e. The molecule has 1 heterocycles. The number of carbonyl (C=O) groups excluding carboxylic acids is 1. The number of benzene rings is 2. The monoisotopic (exact) mass is 413 g/mol. The molecule has 0 aliphatic heterocycles. The Bertz CT molecular complexity index is 1030. The van der Waals surface area contributed by atoms with Crippen molar-refractivity contribution in [3.8, 4) is 11.5 Å². The van der Waals surface area contributed by atoms with Gasteiger partial charge in [0.2, 0.25) is 0 Å². The summed E-state index contributed by atoms with van der Waals surface area (Å²) in [6.07, 6.45) is 0.628. The highest BCUT2D eigenvalue weighted by molar-refractivity contribution is 6.32. The van der Waals surface area contributed by atoms with Gasteiger partial charge < -0.3 is 19.2 Å². The number of nitrogens with one attached hydrogen (secondary N) is 1. The highest BCUT2D eigenvalue weighted by atomic mass is 35.5. The van der Waals surface area contributed by atoms with Gasteiger partial charge in [-0.3, -0.25) is 4.79 Å². The van der Waals surface area contributed by atoms with Crippen molar-refractivity contribution in [3.05, 3.63) is 75.2 Å². The normalized spacial score (nSPS) is 10.7. The molecule has 2 aromatic carbocycles. The Morgan fingerprint density at radius 2 is 1.66 bits per heavy atom. The van der Waals surface area contributed by atoms with E-state index in [0.29, 0.717) is 28.6 Å². The standard InChI is InChI=1S/C23H24ClNO4/c1-13-8-14(2)17(15(3)9-13)10-16-6-7-20(29-16)23(26)25-19-11-18(24)21(27-4)12-22(19)28-5/h6-9,11-12H,10H2,1-5H3,(H,25,26). The van der Waals surface area contributed by atoms with Crippen LogP contribution < -0.4 is 14.8 Å². The van der Waals surface area contributed by atoms with Gasteiger partial charge in [0.1, 0.15) is 17.3 Å². The summed E-state index contributed by atoms with van der Waals surface area (Å²) in [5, 5.41) is 3.15. The van der Waals surface area contributed by atoms with Gasteiger partial charge in [0.15, 0.2) is 5.76 Å². The van der Waals surface area contributed by atoms with Crippen LogP contribution in [0.5, 0.6) is 11.5 Å². The molecule has 0 aliphatic rings. The third-order valence-corrected chi connectivity index (χ3v) is 5.09. The predicted octanol–water partition coefficient (Wildman–Crippen LogP) is 5.72. The first-order valence-electron chi connectivity index (χ1n) is 9.20. The first kappa shape index (κ1) is 20.8. The minimum absolute atomic E-state index is 0.219. The Morgan fingerprint density at radius 1 is 1.00 bits per heavy atom. The second-order valence-corrected chi connectivity index (χ2v) is 7.37. The quantitative estimate of drug-likeness (QED) is 0.561. The first-order valence-corrected chi connectivity index (χ1v) is 9.58. The van der Waals surface area contributed by atoms with Crippen LogP contribution in [-0.2, 0) is 6.42 Å². The van der Waals surface area contributed by atoms with Crippen molar-refractivity contribution in [3.63, 3.8) is 0 Å². The number of furan rings is 1. The van der Waals surface area contributed by atoms with Gasteiger partial charge in [-0.15, -0.1) is 0 Å². The first-order chi connectivity index (χ1) is 13.8. The van der Waals surface area contributed by atoms with E-state index < -0.39 is 0 Å². The average molecular weight is 414 g/mol. The van der Waals surface area contributed by atoms with E-state index in [-0.39, 0.29) is 11.7 Å². The number of rotatable bonds is 6. The molecule has 1 amide bonds. The van der Waals surface area contributed by atoms with Gasteiger partial charge in [0.25, 0.3) is 5.91 Å². The SMILES string of the molecule is COc1cc(OC)c(NC(=O)c2ccc(Cc3c(C)cc(C)cc3C)o2)cc1Cl. The van der Waals surface area contributed by atoms with Crippen LogP contribution in [0.2, 0.25) is 5.02 Å². The van der Waals surface area contributed by atoms with E-state index in [4.69, 9.17) is 25.5 Å². The van der Waals surface area contributed by atoms with Gasteiger partial charge in [0, 0.05) is 12.5 Å². The molecular weight excluding hydrogens is 390 g/mol. The minimum Gasteiger partial charge on any atom is -0.495 e. The zero-order chi connectivity index (χ0) is 21.1. The average Bonchev–Trinajstić information content (AvgIpc) is 3.14. The number of anilines is 1. The lowest BCUT2D eigenvalue weighted by Gasteiger charge is -2.12. The molecule has 0 saturated heterocycles. The van der Waals surface area contributed by atoms with Crippen molar-refractivity contribution < 1.29 is 18.7 Å². The maximum atomic E-state index is 12.7. The molecule has 6 heteroatoms. The molecular formula is C23H24ClNO4. The molecule has 1 aromatic heterocycles. The lowest BCUT2D eigenvalue weighted by atomic mass is 9.97.